The van der Waals surface area contributed by atoms with Gasteiger partial charge in [0.1, 0.15) is 11.6 Å². The van der Waals surface area contributed by atoms with E-state index < -0.39 is 40.8 Å². The van der Waals surface area contributed by atoms with Gasteiger partial charge in [0.25, 0.3) is 0 Å². The molecule has 3 nitrogen and oxygen atoms in total. The Morgan fingerprint density at radius 2 is 0.910 bits per heavy atom. The van der Waals surface area contributed by atoms with Gasteiger partial charge in [-0.15, -0.1) is 0 Å². The number of rotatable bonds is 5. The largest absolute Gasteiger partial charge is 0.417 e. The number of hydrogen-bond acceptors (Lipinski definition) is 1. The second-order valence-electron chi connectivity index (χ2n) is 16.8. The van der Waals surface area contributed by atoms with Gasteiger partial charge in [0, 0.05) is 21.5 Å². The number of para-hydroxylation sites is 2. The minimum atomic E-state index is -5.13. The monoisotopic (exact) mass is 907 g/mol. The van der Waals surface area contributed by atoms with Gasteiger partial charge in [0.2, 0.25) is 0 Å². The first-order valence-corrected chi connectivity index (χ1v) is 21.0. The van der Waals surface area contributed by atoms with E-state index in [1.807, 2.05) is 60.9 Å². The molecule has 0 bridgehead atoms. The first-order chi connectivity index (χ1) is 31.8. The fourth-order valence-electron chi connectivity index (χ4n) is 9.50. The SMILES string of the molecule is Cc1cc(-c2cc(-n3c4ccccc4c4cc(-c5ccc(C)cc5C)ccc43)c(C#N)c(-n3c4ccccc4c4cc(-c5ccc(C(F)(F)F)cc5C(F)(F)F)ccc43)c2)cc(C(F)(F)F)c1. The Balaban J connectivity index is 1.28. The van der Waals surface area contributed by atoms with E-state index in [0.717, 1.165) is 62.3 Å². The standard InChI is InChI=1S/C55H34F9N3/c1-30-12-16-39(32(3)20-30)33-13-18-49-43(24-33)41-8-4-6-10-47(41)66(49)51-26-36(35-21-31(2)22-38(23-35)54(59,60)61)27-52(45(51)29-65)67-48-11-7-5-9-42(48)44-25-34(14-19-50(44)67)40-17-15-37(53(56,57)58)28-46(40)55(62,63)64/h4-28H,1-3H3. The number of benzene rings is 8. The molecule has 0 aliphatic carbocycles. The van der Waals surface area contributed by atoms with Gasteiger partial charge in [0.15, 0.2) is 0 Å². The number of alkyl halides is 9. The molecule has 2 heterocycles. The minimum Gasteiger partial charge on any atom is -0.308 e. The van der Waals surface area contributed by atoms with E-state index in [9.17, 15) is 44.8 Å². The summed E-state index contributed by atoms with van der Waals surface area (Å²) >= 11 is 0. The van der Waals surface area contributed by atoms with Crippen LogP contribution in [0.2, 0.25) is 0 Å². The average Bonchev–Trinajstić information content (AvgIpc) is 3.79. The van der Waals surface area contributed by atoms with Crippen LogP contribution in [0.5, 0.6) is 0 Å². The molecule has 0 spiro atoms. The molecule has 0 atom stereocenters. The van der Waals surface area contributed by atoms with Gasteiger partial charge < -0.3 is 9.13 Å². The zero-order valence-corrected chi connectivity index (χ0v) is 35.7. The second kappa shape index (κ2) is 15.4. The maximum absolute atomic E-state index is 14.5. The van der Waals surface area contributed by atoms with Crippen LogP contribution in [0.25, 0.3) is 88.4 Å². The molecule has 8 aromatic carbocycles. The summed E-state index contributed by atoms with van der Waals surface area (Å²) in [6, 6.07) is 42.3. The van der Waals surface area contributed by atoms with Crippen LogP contribution < -0.4 is 0 Å². The molecule has 10 rings (SSSR count). The van der Waals surface area contributed by atoms with Gasteiger partial charge in [-0.3, -0.25) is 0 Å². The lowest BCUT2D eigenvalue weighted by molar-refractivity contribution is -0.143. The van der Waals surface area contributed by atoms with Crippen molar-refractivity contribution in [2.24, 2.45) is 0 Å². The zero-order chi connectivity index (χ0) is 47.3. The molecule has 10 aromatic rings. The molecule has 0 aliphatic rings. The van der Waals surface area contributed by atoms with Gasteiger partial charge in [-0.05, 0) is 138 Å². The Morgan fingerprint density at radius 3 is 1.43 bits per heavy atom. The molecule has 332 valence electrons. The van der Waals surface area contributed by atoms with Crippen LogP contribution in [-0.2, 0) is 18.5 Å². The molecule has 0 aliphatic heterocycles. The normalized spacial score (nSPS) is 12.5. The Bertz CT molecular complexity index is 3710. The quantitative estimate of drug-likeness (QED) is 0.158. The van der Waals surface area contributed by atoms with E-state index >= 15 is 0 Å². The molecule has 0 unspecified atom stereocenters. The number of aromatic nitrogens is 2. The molecular formula is C55H34F9N3. The molecule has 0 radical (unpaired) electrons. The number of nitrogens with zero attached hydrogens (tertiary/aromatic N) is 3. The molecule has 12 heteroatoms. The molecule has 0 saturated carbocycles. The second-order valence-corrected chi connectivity index (χ2v) is 16.8. The third-order valence-corrected chi connectivity index (χ3v) is 12.4. The van der Waals surface area contributed by atoms with Gasteiger partial charge in [-0.2, -0.15) is 44.8 Å². The summed E-state index contributed by atoms with van der Waals surface area (Å²) in [4.78, 5) is 0. The summed E-state index contributed by atoms with van der Waals surface area (Å²) in [5.41, 5.74) is 4.03. The Hall–Kier alpha value is -7.78. The number of halogens is 9. The Kier molecular flexibility index (Phi) is 9.92. The Labute approximate surface area is 377 Å². The van der Waals surface area contributed by atoms with Crippen LogP contribution >= 0.6 is 0 Å². The van der Waals surface area contributed by atoms with E-state index in [1.54, 1.807) is 60.0 Å². The summed E-state index contributed by atoms with van der Waals surface area (Å²) in [6.45, 7) is 5.63. The van der Waals surface area contributed by atoms with Gasteiger partial charge >= 0.3 is 18.5 Å². The van der Waals surface area contributed by atoms with E-state index in [0.29, 0.717) is 44.7 Å². The third kappa shape index (κ3) is 7.35. The molecule has 0 fully saturated rings. The summed E-state index contributed by atoms with van der Waals surface area (Å²) in [5.74, 6) is 0. The van der Waals surface area contributed by atoms with Crippen LogP contribution in [0.15, 0.2) is 152 Å². The van der Waals surface area contributed by atoms with Crippen molar-refractivity contribution in [3.8, 4) is 50.8 Å². The lowest BCUT2D eigenvalue weighted by Crippen LogP contribution is -2.12. The molecular weight excluding hydrogens is 874 g/mol. The number of fused-ring (bicyclic) bond motifs is 6. The van der Waals surface area contributed by atoms with Crippen molar-refractivity contribution in [2.75, 3.05) is 0 Å². The van der Waals surface area contributed by atoms with Crippen molar-refractivity contribution < 1.29 is 39.5 Å². The molecule has 0 amide bonds. The summed E-state index contributed by atoms with van der Waals surface area (Å²) in [7, 11) is 0. The van der Waals surface area contributed by atoms with Crippen molar-refractivity contribution in [1.82, 2.24) is 9.13 Å². The maximum Gasteiger partial charge on any atom is 0.417 e. The first-order valence-electron chi connectivity index (χ1n) is 21.0. The van der Waals surface area contributed by atoms with Gasteiger partial charge in [0.05, 0.1) is 50.1 Å². The average molecular weight is 908 g/mol. The van der Waals surface area contributed by atoms with Crippen molar-refractivity contribution in [2.45, 2.75) is 39.3 Å². The van der Waals surface area contributed by atoms with Crippen LogP contribution in [0.3, 0.4) is 0 Å². The lowest BCUT2D eigenvalue weighted by atomic mass is 9.95. The lowest BCUT2D eigenvalue weighted by Gasteiger charge is -2.19. The van der Waals surface area contributed by atoms with Crippen molar-refractivity contribution in [1.29, 1.82) is 5.26 Å². The first kappa shape index (κ1) is 43.1. The van der Waals surface area contributed by atoms with E-state index in [-0.39, 0.29) is 28.4 Å². The highest BCUT2D eigenvalue weighted by molar-refractivity contribution is 6.12. The van der Waals surface area contributed by atoms with Crippen LogP contribution in [0.4, 0.5) is 39.5 Å². The van der Waals surface area contributed by atoms with Crippen LogP contribution in [0.1, 0.15) is 38.9 Å². The maximum atomic E-state index is 14.5. The number of nitriles is 1. The summed E-state index contributed by atoms with van der Waals surface area (Å²) in [6.07, 6.45) is -14.8. The van der Waals surface area contributed by atoms with Crippen molar-refractivity contribution >= 4 is 43.6 Å². The van der Waals surface area contributed by atoms with Gasteiger partial charge in [-0.25, -0.2) is 0 Å². The van der Waals surface area contributed by atoms with Crippen molar-refractivity contribution in [3.63, 3.8) is 0 Å². The Morgan fingerprint density at radius 1 is 0.403 bits per heavy atom. The highest BCUT2D eigenvalue weighted by Crippen LogP contribution is 2.45. The topological polar surface area (TPSA) is 33.6 Å². The van der Waals surface area contributed by atoms with Crippen molar-refractivity contribution in [3.05, 3.63) is 191 Å². The smallest absolute Gasteiger partial charge is 0.308 e. The molecule has 2 aromatic heterocycles. The summed E-state index contributed by atoms with van der Waals surface area (Å²) < 4.78 is 131. The van der Waals surface area contributed by atoms with E-state index in [4.69, 9.17) is 0 Å². The zero-order valence-electron chi connectivity index (χ0n) is 35.7. The predicted octanol–water partition coefficient (Wildman–Crippen LogP) is 16.7. The molecule has 67 heavy (non-hydrogen) atoms. The highest BCUT2D eigenvalue weighted by Gasteiger charge is 2.39. The fraction of sp³-hybridized carbons (Fsp3) is 0.109. The van der Waals surface area contributed by atoms with Crippen LogP contribution in [0, 0.1) is 32.1 Å². The minimum absolute atomic E-state index is 0.00341. The van der Waals surface area contributed by atoms with Crippen LogP contribution in [-0.4, -0.2) is 9.13 Å². The highest BCUT2D eigenvalue weighted by atomic mass is 19.4. The fourth-order valence-corrected chi connectivity index (χ4v) is 9.50. The predicted molar refractivity (Wildman–Crippen MR) is 245 cm³/mol. The van der Waals surface area contributed by atoms with E-state index in [2.05, 4.69) is 24.3 Å². The van der Waals surface area contributed by atoms with Gasteiger partial charge in [-0.1, -0.05) is 84.4 Å². The summed E-state index contributed by atoms with van der Waals surface area (Å²) in [5, 5.41) is 14.0. The van der Waals surface area contributed by atoms with E-state index in [1.165, 1.54) is 12.1 Å². The number of aryl methyl sites for hydroxylation is 3. The third-order valence-electron chi connectivity index (χ3n) is 12.4. The molecule has 0 N–H and O–H groups in total. The molecule has 0 saturated heterocycles. The number of hydrogen-bond donors (Lipinski definition) is 0.